The van der Waals surface area contributed by atoms with Crippen LogP contribution >= 0.6 is 0 Å². The Morgan fingerprint density at radius 3 is 1.77 bits per heavy atom. The summed E-state index contributed by atoms with van der Waals surface area (Å²) in [7, 11) is 1.49. The van der Waals surface area contributed by atoms with Crippen LogP contribution in [0, 0.1) is 5.92 Å². The van der Waals surface area contributed by atoms with Gasteiger partial charge in [0.2, 0.25) is 53.4 Å². The van der Waals surface area contributed by atoms with Crippen LogP contribution in [-0.4, -0.2) is 215 Å². The van der Waals surface area contributed by atoms with E-state index in [9.17, 15) is 70.2 Å². The Hall–Kier alpha value is -9.90. The standard InChI is InChI=1S/C73H90N10O26/c1-28(2)18-40(77-7)64(94)82-54-56(89)31-8-13-36(14-9-31)104-44-20-34-21-45(60(44)109-71-61(58(91)57(90)46(27-84)106-71)108-49-26-73(6,76)63(93)30(4)103-49)105-37-15-10-32(11-16-37)59(107-48-25-72(5,75)62(92)29(3)102-48)55-69(99)81-53(70(100)101)39-22-35(85)23-43(87)50(39)38-19-33(12-17-42(38)86)51(66(96)83-55)80-67(97)52(34)79-65(95)41(24-47(74)88)78-68(54)98/h8-17,19-23,28-30,40-41,46,48-49,51-59,61-63,71,77,84-87,89-93H,18,24-27,75-76H2,1-7H3,(H2,74,88)(H,78,98)(H,79,95)(H,80,97)(H,81,99)(H,82,94)(H,83,96)(H,100,101)/t29-,30-,40+,41-,46+,48+,49+,51-,52-,53?,54-,55-,56+,57-,58+,59+,61+,62-,63-,71-,72+,73+/m1/s1. The largest absolute Gasteiger partial charge is 0.508 e. The van der Waals surface area contributed by atoms with Gasteiger partial charge in [-0.05, 0) is 124 Å². The van der Waals surface area contributed by atoms with E-state index >= 15 is 19.2 Å². The first-order chi connectivity index (χ1) is 51.4. The molecule has 3 fully saturated rings. The number of aliphatic hydroxyl groups excluding tert-OH is 6. The summed E-state index contributed by atoms with van der Waals surface area (Å²) in [6.07, 6.45) is -22.0. The fourth-order valence-corrected chi connectivity index (χ4v) is 14.2. The third-order valence-corrected chi connectivity index (χ3v) is 20.0. The number of fused-ring (bicyclic) bond motifs is 15. The van der Waals surface area contributed by atoms with Gasteiger partial charge in [0.25, 0.3) is 0 Å². The number of phenols is 3. The number of hydrogen-bond acceptors (Lipinski definition) is 28. The molecule has 3 saturated heterocycles. The Balaban J connectivity index is 1.17. The van der Waals surface area contributed by atoms with E-state index < -0.39 is 250 Å². The molecule has 1 unspecified atom stereocenters. The maximum atomic E-state index is 16.3. The lowest BCUT2D eigenvalue weighted by atomic mass is 9.86. The molecule has 5 aromatic carbocycles. The van der Waals surface area contributed by atoms with Gasteiger partial charge in [-0.15, -0.1) is 0 Å². The molecule has 7 amide bonds. The number of aliphatic hydroxyl groups is 6. The number of amides is 7. The molecule has 36 nitrogen and oxygen atoms in total. The minimum Gasteiger partial charge on any atom is -0.508 e. The Labute approximate surface area is 622 Å². The number of aliphatic carboxylic acids is 1. The van der Waals surface area contributed by atoms with E-state index in [4.69, 9.17) is 55.1 Å². The van der Waals surface area contributed by atoms with E-state index in [0.29, 0.717) is 0 Å². The lowest BCUT2D eigenvalue weighted by Gasteiger charge is -2.47. The number of benzene rings is 5. The van der Waals surface area contributed by atoms with Crippen molar-refractivity contribution >= 4 is 47.3 Å². The summed E-state index contributed by atoms with van der Waals surface area (Å²) in [5, 5.41) is 132. The third kappa shape index (κ3) is 17.3. The van der Waals surface area contributed by atoms with E-state index in [2.05, 4.69) is 37.2 Å². The van der Waals surface area contributed by atoms with Crippen LogP contribution in [0.1, 0.15) is 125 Å². The number of hydrogen-bond donors (Lipinski definition) is 20. The fraction of sp³-hybridized carbons (Fsp3) is 0.479. The zero-order chi connectivity index (χ0) is 79.2. The number of nitrogens with one attached hydrogen (secondary N) is 7. The first-order valence-electron chi connectivity index (χ1n) is 35.1. The molecule has 588 valence electrons. The lowest BCUT2D eigenvalue weighted by molar-refractivity contribution is -0.333. The van der Waals surface area contributed by atoms with E-state index in [1.807, 2.05) is 13.8 Å². The van der Waals surface area contributed by atoms with Gasteiger partial charge in [0, 0.05) is 46.7 Å². The molecular formula is C73H90N10O26. The van der Waals surface area contributed by atoms with E-state index in [0.717, 1.165) is 42.5 Å². The van der Waals surface area contributed by atoms with Crippen molar-refractivity contribution in [3.05, 3.63) is 119 Å². The Morgan fingerprint density at radius 2 is 1.21 bits per heavy atom. The number of phenolic OH excluding ortho intramolecular Hbond substituents is 3. The maximum Gasteiger partial charge on any atom is 0.330 e. The predicted octanol–water partition coefficient (Wildman–Crippen LogP) is -0.963. The van der Waals surface area contributed by atoms with Crippen LogP contribution in [0.4, 0.5) is 0 Å². The van der Waals surface area contributed by atoms with Gasteiger partial charge in [-0.1, -0.05) is 44.2 Å². The summed E-state index contributed by atoms with van der Waals surface area (Å²) < 4.78 is 51.7. The number of aromatic hydroxyl groups is 3. The molecule has 36 heteroatoms. The maximum absolute atomic E-state index is 16.3. The number of ether oxygens (including phenoxy) is 8. The summed E-state index contributed by atoms with van der Waals surface area (Å²) in [4.78, 5) is 119. The molecule has 0 saturated carbocycles. The number of likely N-dealkylation sites (N-methyl/N-ethyl adjacent to an activating group) is 1. The van der Waals surface area contributed by atoms with Crippen LogP contribution in [0.15, 0.2) is 91.0 Å². The monoisotopic (exact) mass is 1520 g/mol. The highest BCUT2D eigenvalue weighted by Crippen LogP contribution is 2.49. The molecular weight excluding hydrogens is 1430 g/mol. The van der Waals surface area contributed by atoms with Crippen molar-refractivity contribution in [1.29, 1.82) is 0 Å². The number of primary amides is 1. The van der Waals surface area contributed by atoms with Gasteiger partial charge in [0.05, 0.1) is 43.5 Å². The number of nitrogens with two attached hydrogens (primary N) is 3. The summed E-state index contributed by atoms with van der Waals surface area (Å²) in [5.74, 6) is -14.9. The fourth-order valence-electron chi connectivity index (χ4n) is 14.2. The first kappa shape index (κ1) is 80.1. The van der Waals surface area contributed by atoms with Gasteiger partial charge in [0.15, 0.2) is 36.2 Å². The van der Waals surface area contributed by atoms with Gasteiger partial charge in [0.1, 0.15) is 89.5 Å². The van der Waals surface area contributed by atoms with Crippen LogP contribution in [0.25, 0.3) is 11.1 Å². The van der Waals surface area contributed by atoms with E-state index in [1.165, 1.54) is 83.3 Å². The van der Waals surface area contributed by atoms with Crippen molar-refractivity contribution in [3.63, 3.8) is 0 Å². The molecule has 5 aromatic rings. The molecule has 13 rings (SSSR count). The molecule has 8 heterocycles. The van der Waals surface area contributed by atoms with Crippen LogP contribution in [0.5, 0.6) is 46.0 Å². The second-order valence-electron chi connectivity index (χ2n) is 29.0. The minimum atomic E-state index is -2.31. The molecule has 11 bridgehead atoms. The molecule has 0 aliphatic carbocycles. The topological polar surface area (TPSA) is 575 Å². The highest BCUT2D eigenvalue weighted by Gasteiger charge is 2.52. The molecule has 0 radical (unpaired) electrons. The van der Waals surface area contributed by atoms with Gasteiger partial charge < -0.3 is 143 Å². The van der Waals surface area contributed by atoms with Crippen molar-refractivity contribution in [2.75, 3.05) is 13.7 Å². The summed E-state index contributed by atoms with van der Waals surface area (Å²) >= 11 is 0. The smallest absolute Gasteiger partial charge is 0.330 e. The Kier molecular flexibility index (Phi) is 23.8. The van der Waals surface area contributed by atoms with Crippen molar-refractivity contribution < 1.29 is 127 Å². The molecule has 8 aliphatic rings. The summed E-state index contributed by atoms with van der Waals surface area (Å²) in [6.45, 7) is 8.73. The number of carbonyl (C=O) groups is 8. The van der Waals surface area contributed by atoms with Crippen molar-refractivity contribution in [2.45, 2.75) is 201 Å². The van der Waals surface area contributed by atoms with Crippen molar-refractivity contribution in [3.8, 4) is 57.1 Å². The second-order valence-corrected chi connectivity index (χ2v) is 29.0. The minimum absolute atomic E-state index is 0.0277. The van der Waals surface area contributed by atoms with E-state index in [-0.39, 0.29) is 53.4 Å². The van der Waals surface area contributed by atoms with Gasteiger partial charge in [-0.3, -0.25) is 33.6 Å². The summed E-state index contributed by atoms with van der Waals surface area (Å²) in [5.41, 5.74) is 13.8. The number of carbonyl (C=O) groups excluding carboxylic acids is 7. The Bertz CT molecular complexity index is 4260. The average molecular weight is 1520 g/mol. The molecule has 0 spiro atoms. The zero-order valence-electron chi connectivity index (χ0n) is 60.1. The molecule has 0 aromatic heterocycles. The molecule has 22 atom stereocenters. The Morgan fingerprint density at radius 1 is 0.651 bits per heavy atom. The zero-order valence-corrected chi connectivity index (χ0v) is 60.1. The molecule has 109 heavy (non-hydrogen) atoms. The molecule has 8 aliphatic heterocycles. The van der Waals surface area contributed by atoms with Crippen molar-refractivity contribution in [2.24, 2.45) is 23.1 Å². The molecule has 23 N–H and O–H groups in total. The average Bonchev–Trinajstić information content (AvgIpc) is 0.766. The lowest BCUT2D eigenvalue weighted by Crippen LogP contribution is -2.64. The highest BCUT2D eigenvalue weighted by atomic mass is 16.8. The van der Waals surface area contributed by atoms with Crippen LogP contribution in [0.3, 0.4) is 0 Å². The van der Waals surface area contributed by atoms with Gasteiger partial charge in [-0.2, -0.15) is 0 Å². The van der Waals surface area contributed by atoms with Gasteiger partial charge >= 0.3 is 5.97 Å². The number of rotatable bonds is 15. The third-order valence-electron chi connectivity index (χ3n) is 20.0. The highest BCUT2D eigenvalue weighted by molar-refractivity contribution is 6.00. The quantitative estimate of drug-likeness (QED) is 0.0600. The van der Waals surface area contributed by atoms with E-state index in [1.54, 1.807) is 0 Å². The van der Waals surface area contributed by atoms with Crippen LogP contribution in [0.2, 0.25) is 0 Å². The summed E-state index contributed by atoms with van der Waals surface area (Å²) in [6, 6.07) is 3.50. The number of carboxylic acid groups (broad SMARTS) is 1. The number of carboxylic acids is 1. The van der Waals surface area contributed by atoms with Gasteiger partial charge in [-0.25, -0.2) is 4.79 Å². The van der Waals surface area contributed by atoms with Crippen molar-refractivity contribution in [1.82, 2.24) is 37.2 Å². The van der Waals surface area contributed by atoms with Crippen LogP contribution < -0.4 is 68.6 Å². The SMILES string of the molecule is CN[C@@H](CC(C)C)C(=O)N[C@H]1C(=O)N[C@H](CC(N)=O)C(=O)N[C@H]2C(=O)N[C@H]3C(=O)N[C@@H](C(=O)NC(C(=O)O)c4cc(O)cc(O)c4-c4cc3ccc4O)[C@@H](O[C@H]3C[C@](C)(N)[C@H](O)[C@@H](C)O3)c3ccc(cc3)Oc3cc2cc(c3O[C@H]2O[C@@H](CO)[C@@H](O)[C@H](O)[C@@H]2O[C@H]2C[C@](C)(N)[C@H](O)[C@@H](C)O2)Oc2ccc(cc2)[C@@H]1O. The second kappa shape index (κ2) is 32.3. The normalized spacial score (nSPS) is 32.4. The predicted molar refractivity (Wildman–Crippen MR) is 376 cm³/mol. The van der Waals surface area contributed by atoms with Crippen LogP contribution in [-0.2, 0) is 62.0 Å². The first-order valence-corrected chi connectivity index (χ1v) is 35.1.